The maximum atomic E-state index is 13.8. The lowest BCUT2D eigenvalue weighted by Gasteiger charge is -2.07. The molecule has 0 atom stereocenters. The molecule has 0 spiro atoms. The summed E-state index contributed by atoms with van der Waals surface area (Å²) in [6.45, 7) is 0.107. The Morgan fingerprint density at radius 1 is 0.794 bits per heavy atom. The van der Waals surface area contributed by atoms with Gasteiger partial charge in [-0.05, 0) is 53.1 Å². The van der Waals surface area contributed by atoms with Gasteiger partial charge in [0, 0.05) is 11.1 Å². The van der Waals surface area contributed by atoms with Crippen LogP contribution in [-0.4, -0.2) is 11.9 Å². The number of ether oxygens (including phenoxy) is 2. The van der Waals surface area contributed by atoms with E-state index in [4.69, 9.17) is 9.47 Å². The van der Waals surface area contributed by atoms with Crippen LogP contribution >= 0.6 is 0 Å². The van der Waals surface area contributed by atoms with Crippen LogP contribution in [0.15, 0.2) is 114 Å². The number of benzene rings is 4. The molecule has 4 nitrogen and oxygen atoms in total. The van der Waals surface area contributed by atoms with Crippen molar-refractivity contribution in [2.45, 2.75) is 6.61 Å². The first-order chi connectivity index (χ1) is 16.7. The summed E-state index contributed by atoms with van der Waals surface area (Å²) in [6, 6.07) is 31.4. The fourth-order valence-corrected chi connectivity index (χ4v) is 3.60. The second-order valence-corrected chi connectivity index (χ2v) is 7.73. The van der Waals surface area contributed by atoms with Crippen LogP contribution in [0.5, 0.6) is 5.75 Å². The largest absolute Gasteiger partial charge is 0.489 e. The lowest BCUT2D eigenvalue weighted by Crippen LogP contribution is -2.05. The predicted molar refractivity (Wildman–Crippen MR) is 130 cm³/mol. The number of nitrogens with zero attached hydrogens (tertiary/aromatic N) is 1. The van der Waals surface area contributed by atoms with Gasteiger partial charge in [0.2, 0.25) is 5.90 Å². The zero-order chi connectivity index (χ0) is 23.3. The molecule has 5 heteroatoms. The van der Waals surface area contributed by atoms with Crippen molar-refractivity contribution >= 4 is 17.9 Å². The molecule has 166 valence electrons. The Morgan fingerprint density at radius 3 is 2.29 bits per heavy atom. The molecule has 0 amide bonds. The third-order valence-corrected chi connectivity index (χ3v) is 5.37. The van der Waals surface area contributed by atoms with E-state index in [-0.39, 0.29) is 24.0 Å². The first kappa shape index (κ1) is 21.3. The minimum Gasteiger partial charge on any atom is -0.489 e. The van der Waals surface area contributed by atoms with E-state index in [0.717, 1.165) is 22.3 Å². The highest BCUT2D eigenvalue weighted by atomic mass is 19.1. The van der Waals surface area contributed by atoms with Gasteiger partial charge in [0.25, 0.3) is 0 Å². The van der Waals surface area contributed by atoms with Crippen LogP contribution in [0, 0.1) is 5.82 Å². The average Bonchev–Trinajstić information content (AvgIpc) is 3.24. The molecule has 0 saturated heterocycles. The van der Waals surface area contributed by atoms with Gasteiger partial charge < -0.3 is 9.47 Å². The summed E-state index contributed by atoms with van der Waals surface area (Å²) in [6.07, 6.45) is 1.64. The van der Waals surface area contributed by atoms with Crippen LogP contribution in [0.1, 0.15) is 16.7 Å². The standard InChI is InChI=1S/C29H20FNO3/c30-26-12-5-4-10-24(26)19-33-25-11-6-7-20(17-25)18-27-29(32)34-28(31-27)23-15-13-22(14-16-23)21-8-2-1-3-9-21/h1-18H,19H2/b27-18-. The summed E-state index contributed by atoms with van der Waals surface area (Å²) in [5.41, 5.74) is 4.29. The first-order valence-electron chi connectivity index (χ1n) is 10.8. The molecule has 1 heterocycles. The summed E-state index contributed by atoms with van der Waals surface area (Å²) < 4.78 is 24.9. The van der Waals surface area contributed by atoms with Gasteiger partial charge in [-0.2, -0.15) is 0 Å². The van der Waals surface area contributed by atoms with Gasteiger partial charge in [-0.25, -0.2) is 14.2 Å². The Hall–Kier alpha value is -4.51. The van der Waals surface area contributed by atoms with Crippen LogP contribution in [-0.2, 0) is 16.1 Å². The minimum atomic E-state index is -0.514. The van der Waals surface area contributed by atoms with Crippen LogP contribution in [0.4, 0.5) is 4.39 Å². The van der Waals surface area contributed by atoms with Gasteiger partial charge in [-0.1, -0.05) is 72.8 Å². The number of hydrogen-bond donors (Lipinski definition) is 0. The molecule has 4 aromatic rings. The van der Waals surface area contributed by atoms with E-state index < -0.39 is 5.97 Å². The summed E-state index contributed by atoms with van der Waals surface area (Å²) in [4.78, 5) is 16.8. The molecule has 0 bridgehead atoms. The van der Waals surface area contributed by atoms with E-state index >= 15 is 0 Å². The molecule has 34 heavy (non-hydrogen) atoms. The third kappa shape index (κ3) is 4.79. The van der Waals surface area contributed by atoms with Crippen molar-refractivity contribution < 1.29 is 18.7 Å². The van der Waals surface area contributed by atoms with Gasteiger partial charge in [-0.3, -0.25) is 0 Å². The van der Waals surface area contributed by atoms with E-state index in [1.54, 1.807) is 42.5 Å². The molecule has 0 fully saturated rings. The molecule has 5 rings (SSSR count). The maximum absolute atomic E-state index is 13.8. The van der Waals surface area contributed by atoms with Crippen molar-refractivity contribution in [3.05, 3.63) is 131 Å². The molecule has 0 unspecified atom stereocenters. The highest BCUT2D eigenvalue weighted by Gasteiger charge is 2.24. The Balaban J connectivity index is 1.32. The molecule has 0 N–H and O–H groups in total. The summed E-state index contributed by atoms with van der Waals surface area (Å²) in [7, 11) is 0. The van der Waals surface area contributed by atoms with E-state index in [9.17, 15) is 9.18 Å². The van der Waals surface area contributed by atoms with Gasteiger partial charge in [0.15, 0.2) is 5.70 Å². The summed E-state index contributed by atoms with van der Waals surface area (Å²) in [5.74, 6) is 0.000413. The summed E-state index contributed by atoms with van der Waals surface area (Å²) >= 11 is 0. The van der Waals surface area contributed by atoms with Crippen LogP contribution in [0.3, 0.4) is 0 Å². The van der Waals surface area contributed by atoms with E-state index in [1.165, 1.54) is 6.07 Å². The van der Waals surface area contributed by atoms with Crippen molar-refractivity contribution in [2.75, 3.05) is 0 Å². The molecule has 0 saturated carbocycles. The Bertz CT molecular complexity index is 1390. The molecular weight excluding hydrogens is 429 g/mol. The van der Waals surface area contributed by atoms with E-state index in [2.05, 4.69) is 4.99 Å². The fraction of sp³-hybridized carbons (Fsp3) is 0.0345. The SMILES string of the molecule is O=C1OC(c2ccc(-c3ccccc3)cc2)=N/C1=C\c1cccc(OCc2ccccc2F)c1. The highest BCUT2D eigenvalue weighted by molar-refractivity contribution is 6.13. The van der Waals surface area contributed by atoms with Crippen molar-refractivity contribution in [1.29, 1.82) is 0 Å². The maximum Gasteiger partial charge on any atom is 0.363 e. The lowest BCUT2D eigenvalue weighted by atomic mass is 10.0. The van der Waals surface area contributed by atoms with Gasteiger partial charge >= 0.3 is 5.97 Å². The number of carbonyl (C=O) groups is 1. The van der Waals surface area contributed by atoms with Gasteiger partial charge in [0.1, 0.15) is 18.2 Å². The topological polar surface area (TPSA) is 47.9 Å². The van der Waals surface area contributed by atoms with Gasteiger partial charge in [-0.15, -0.1) is 0 Å². The number of halogens is 1. The normalized spacial score (nSPS) is 14.1. The number of cyclic esters (lactones) is 1. The van der Waals surface area contributed by atoms with Gasteiger partial charge in [0.05, 0.1) is 0 Å². The molecule has 1 aliphatic rings. The molecular formula is C29H20FNO3. The van der Waals surface area contributed by atoms with E-state index in [1.807, 2.05) is 60.7 Å². The minimum absolute atomic E-state index is 0.107. The smallest absolute Gasteiger partial charge is 0.363 e. The highest BCUT2D eigenvalue weighted by Crippen LogP contribution is 2.24. The van der Waals surface area contributed by atoms with Crippen LogP contribution in [0.25, 0.3) is 17.2 Å². The molecule has 1 aliphatic heterocycles. The Kier molecular flexibility index (Phi) is 5.99. The zero-order valence-electron chi connectivity index (χ0n) is 18.1. The van der Waals surface area contributed by atoms with Crippen molar-refractivity contribution in [3.63, 3.8) is 0 Å². The lowest BCUT2D eigenvalue weighted by molar-refractivity contribution is -0.129. The average molecular weight is 449 g/mol. The fourth-order valence-electron chi connectivity index (χ4n) is 3.60. The first-order valence-corrected chi connectivity index (χ1v) is 10.8. The quantitative estimate of drug-likeness (QED) is 0.252. The van der Waals surface area contributed by atoms with Crippen molar-refractivity contribution in [1.82, 2.24) is 0 Å². The molecule has 0 radical (unpaired) electrons. The zero-order valence-corrected chi connectivity index (χ0v) is 18.1. The van der Waals surface area contributed by atoms with Crippen LogP contribution < -0.4 is 4.74 Å². The van der Waals surface area contributed by atoms with E-state index in [0.29, 0.717) is 11.3 Å². The second kappa shape index (κ2) is 9.55. The molecule has 0 aliphatic carbocycles. The van der Waals surface area contributed by atoms with Crippen molar-refractivity contribution in [3.8, 4) is 16.9 Å². The van der Waals surface area contributed by atoms with Crippen molar-refractivity contribution in [2.24, 2.45) is 4.99 Å². The number of aliphatic imine (C=N–C) groups is 1. The number of carbonyl (C=O) groups excluding carboxylic acids is 1. The molecule has 4 aromatic carbocycles. The molecule has 0 aromatic heterocycles. The second-order valence-electron chi connectivity index (χ2n) is 7.73. The Labute approximate surface area is 196 Å². The monoisotopic (exact) mass is 449 g/mol. The number of rotatable bonds is 6. The van der Waals surface area contributed by atoms with Crippen LogP contribution in [0.2, 0.25) is 0 Å². The number of esters is 1. The predicted octanol–water partition coefficient (Wildman–Crippen LogP) is 6.42. The summed E-state index contributed by atoms with van der Waals surface area (Å²) in [5, 5.41) is 0. The number of hydrogen-bond acceptors (Lipinski definition) is 4. The Morgan fingerprint density at radius 2 is 1.50 bits per heavy atom. The third-order valence-electron chi connectivity index (χ3n) is 5.37.